The molecule has 172 valence electrons. The zero-order valence-electron chi connectivity index (χ0n) is 17.5. The number of methoxy groups -OCH3 is 1. The number of carbonyl (C=O) groups excluding carboxylic acids is 1. The number of aryl methyl sites for hydroxylation is 1. The van der Waals surface area contributed by atoms with Crippen molar-refractivity contribution in [2.45, 2.75) is 37.3 Å². The maximum Gasteiger partial charge on any atom is 0.409 e. The lowest BCUT2D eigenvalue weighted by atomic mass is 10.2. The molecule has 0 aliphatic carbocycles. The minimum Gasteiger partial charge on any atom is -0.484 e. The quantitative estimate of drug-likeness (QED) is 0.572. The van der Waals surface area contributed by atoms with Crippen molar-refractivity contribution in [1.82, 2.24) is 15.1 Å². The first-order valence-corrected chi connectivity index (χ1v) is 11.4. The summed E-state index contributed by atoms with van der Waals surface area (Å²) in [5.41, 5.74) is 0.927. The highest BCUT2D eigenvalue weighted by Gasteiger charge is 2.40. The Morgan fingerprint density at radius 3 is 2.84 bits per heavy atom. The molecule has 1 aromatic carbocycles. The molecule has 0 bridgehead atoms. The van der Waals surface area contributed by atoms with E-state index in [1.165, 1.54) is 32.2 Å². The molecule has 1 aromatic heterocycles. The average Bonchev–Trinajstić information content (AvgIpc) is 3.31. The van der Waals surface area contributed by atoms with Gasteiger partial charge in [-0.25, -0.2) is 13.2 Å². The van der Waals surface area contributed by atoms with Gasteiger partial charge in [-0.3, -0.25) is 19.1 Å². The van der Waals surface area contributed by atoms with Crippen LogP contribution in [0.2, 0.25) is 0 Å². The minimum atomic E-state index is -4.16. The summed E-state index contributed by atoms with van der Waals surface area (Å²) in [6.45, 7) is 1.95. The number of aromatic nitrogens is 2. The molecule has 0 fully saturated rings. The molecule has 0 saturated carbocycles. The van der Waals surface area contributed by atoms with Crippen molar-refractivity contribution >= 4 is 33.4 Å². The average molecular weight is 465 g/mol. The van der Waals surface area contributed by atoms with Crippen molar-refractivity contribution in [3.63, 3.8) is 0 Å². The number of rotatable bonds is 6. The van der Waals surface area contributed by atoms with Gasteiger partial charge in [-0.15, -0.1) is 5.10 Å². The Hall–Kier alpha value is -3.48. The second-order valence-electron chi connectivity index (χ2n) is 7.44. The number of ether oxygens (including phenoxy) is 2. The molecule has 3 N–H and O–H groups in total. The van der Waals surface area contributed by atoms with Crippen molar-refractivity contribution in [2.75, 3.05) is 29.8 Å². The smallest absolute Gasteiger partial charge is 0.409 e. The van der Waals surface area contributed by atoms with Crippen LogP contribution in [0.25, 0.3) is 0 Å². The molecule has 2 aliphatic rings. The molecule has 0 radical (unpaired) electrons. The Bertz CT molecular complexity index is 1180. The van der Waals surface area contributed by atoms with Gasteiger partial charge in [0.2, 0.25) is 5.91 Å². The molecule has 13 heteroatoms. The van der Waals surface area contributed by atoms with E-state index in [1.54, 1.807) is 4.68 Å². The molecule has 3 heterocycles. The van der Waals surface area contributed by atoms with Crippen LogP contribution in [-0.4, -0.2) is 61.6 Å². The summed E-state index contributed by atoms with van der Waals surface area (Å²) >= 11 is 0. The molecule has 1 unspecified atom stereocenters. The lowest BCUT2D eigenvalue weighted by molar-refractivity contribution is -0.119. The number of hydrogen-bond donors (Lipinski definition) is 3. The third-order valence-corrected chi connectivity index (χ3v) is 7.08. The first-order chi connectivity index (χ1) is 15.2. The zero-order valence-corrected chi connectivity index (χ0v) is 18.3. The number of anilines is 2. The van der Waals surface area contributed by atoms with E-state index in [1.807, 2.05) is 0 Å². The monoisotopic (exact) mass is 465 g/mol. The molecule has 2 aromatic rings. The molecule has 0 saturated heterocycles. The fourth-order valence-corrected chi connectivity index (χ4v) is 5.72. The lowest BCUT2D eigenvalue weighted by Crippen LogP contribution is -2.48. The van der Waals surface area contributed by atoms with E-state index in [0.717, 1.165) is 10.7 Å². The SMILES string of the molecule is COc1nn2c(c1S(=O)(=O)N1CC(CNC(C)=O)Oc3ccc(NC(=O)O)cc31)CCC2. The van der Waals surface area contributed by atoms with Crippen LogP contribution in [0.3, 0.4) is 0 Å². The topological polar surface area (TPSA) is 152 Å². The van der Waals surface area contributed by atoms with Crippen LogP contribution in [0.4, 0.5) is 16.2 Å². The van der Waals surface area contributed by atoms with Crippen LogP contribution < -0.4 is 24.4 Å². The van der Waals surface area contributed by atoms with Gasteiger partial charge in [0.1, 0.15) is 11.9 Å². The van der Waals surface area contributed by atoms with Gasteiger partial charge in [0.05, 0.1) is 31.6 Å². The summed E-state index contributed by atoms with van der Waals surface area (Å²) in [7, 11) is -2.80. The maximum atomic E-state index is 13.9. The van der Waals surface area contributed by atoms with Crippen LogP contribution in [-0.2, 0) is 27.8 Å². The predicted octanol–water partition coefficient (Wildman–Crippen LogP) is 1.02. The van der Waals surface area contributed by atoms with Crippen LogP contribution in [0.1, 0.15) is 19.0 Å². The van der Waals surface area contributed by atoms with Crippen molar-refractivity contribution in [3.8, 4) is 11.6 Å². The first-order valence-electron chi connectivity index (χ1n) is 9.92. The first kappa shape index (κ1) is 21.7. The Labute approximate surface area is 184 Å². The zero-order chi connectivity index (χ0) is 23.0. The van der Waals surface area contributed by atoms with Gasteiger partial charge in [-0.2, -0.15) is 0 Å². The van der Waals surface area contributed by atoms with Gasteiger partial charge in [0.25, 0.3) is 15.9 Å². The van der Waals surface area contributed by atoms with Crippen molar-refractivity contribution in [1.29, 1.82) is 0 Å². The Morgan fingerprint density at radius 1 is 1.38 bits per heavy atom. The van der Waals surface area contributed by atoms with E-state index in [-0.39, 0.29) is 46.9 Å². The Kier molecular flexibility index (Phi) is 5.59. The number of hydrogen-bond acceptors (Lipinski definition) is 7. The summed E-state index contributed by atoms with van der Waals surface area (Å²) in [4.78, 5) is 22.4. The largest absolute Gasteiger partial charge is 0.484 e. The minimum absolute atomic E-state index is 0.00553. The standard InChI is InChI=1S/C19H23N5O7S/c1-11(25)20-9-13-10-24(15-8-12(21-19(26)27)5-6-16(15)31-13)32(28,29)17-14-4-3-7-23(14)22-18(17)30-2/h5-6,8,13,21H,3-4,7,9-10H2,1-2H3,(H,20,25)(H,26,27). The van der Waals surface area contributed by atoms with Crippen LogP contribution in [0.5, 0.6) is 11.6 Å². The second kappa shape index (κ2) is 8.22. The molecule has 4 rings (SSSR count). The Balaban J connectivity index is 1.80. The summed E-state index contributed by atoms with van der Waals surface area (Å²) in [6.07, 6.45) is -0.630. The normalized spacial score (nSPS) is 17.2. The van der Waals surface area contributed by atoms with Gasteiger partial charge in [-0.05, 0) is 31.0 Å². The van der Waals surface area contributed by atoms with Crippen LogP contribution >= 0.6 is 0 Å². The predicted molar refractivity (Wildman–Crippen MR) is 113 cm³/mol. The summed E-state index contributed by atoms with van der Waals surface area (Å²) in [5.74, 6) is -0.0224. The van der Waals surface area contributed by atoms with Crippen molar-refractivity contribution < 1.29 is 32.6 Å². The number of amides is 2. The summed E-state index contributed by atoms with van der Waals surface area (Å²) in [6, 6.07) is 4.35. The summed E-state index contributed by atoms with van der Waals surface area (Å²) in [5, 5.41) is 18.2. The number of nitrogens with one attached hydrogen (secondary N) is 2. The molecule has 32 heavy (non-hydrogen) atoms. The number of fused-ring (bicyclic) bond motifs is 2. The van der Waals surface area contributed by atoms with E-state index < -0.39 is 22.2 Å². The van der Waals surface area contributed by atoms with Gasteiger partial charge in [0.15, 0.2) is 4.90 Å². The van der Waals surface area contributed by atoms with E-state index in [9.17, 15) is 18.0 Å². The van der Waals surface area contributed by atoms with Gasteiger partial charge >= 0.3 is 6.09 Å². The Morgan fingerprint density at radius 2 is 2.16 bits per heavy atom. The van der Waals surface area contributed by atoms with Gasteiger partial charge < -0.3 is 19.9 Å². The van der Waals surface area contributed by atoms with E-state index >= 15 is 0 Å². The van der Waals surface area contributed by atoms with E-state index in [0.29, 0.717) is 18.7 Å². The highest BCUT2D eigenvalue weighted by Crippen LogP contribution is 2.42. The number of carboxylic acid groups (broad SMARTS) is 1. The van der Waals surface area contributed by atoms with E-state index in [2.05, 4.69) is 15.7 Å². The molecule has 1 atom stereocenters. The van der Waals surface area contributed by atoms with Gasteiger partial charge in [-0.1, -0.05) is 0 Å². The molecule has 2 amide bonds. The molecule has 2 aliphatic heterocycles. The maximum absolute atomic E-state index is 13.9. The molecular formula is C19H23N5O7S. The third kappa shape index (κ3) is 3.90. The molecule has 0 spiro atoms. The van der Waals surface area contributed by atoms with Gasteiger partial charge in [0, 0.05) is 19.2 Å². The highest BCUT2D eigenvalue weighted by molar-refractivity contribution is 7.93. The van der Waals surface area contributed by atoms with Crippen molar-refractivity contribution in [3.05, 3.63) is 23.9 Å². The van der Waals surface area contributed by atoms with Crippen molar-refractivity contribution in [2.24, 2.45) is 0 Å². The highest BCUT2D eigenvalue weighted by atomic mass is 32.2. The second-order valence-corrected chi connectivity index (χ2v) is 9.24. The number of sulfonamides is 1. The molecular weight excluding hydrogens is 442 g/mol. The van der Waals surface area contributed by atoms with Crippen LogP contribution in [0, 0.1) is 0 Å². The lowest BCUT2D eigenvalue weighted by Gasteiger charge is -2.35. The fourth-order valence-electron chi connectivity index (χ4n) is 3.89. The molecule has 12 nitrogen and oxygen atoms in total. The van der Waals surface area contributed by atoms with E-state index in [4.69, 9.17) is 14.6 Å². The number of nitrogens with zero attached hydrogens (tertiary/aromatic N) is 3. The van der Waals surface area contributed by atoms with Crippen LogP contribution in [0.15, 0.2) is 23.1 Å². The third-order valence-electron chi connectivity index (χ3n) is 5.23. The fraction of sp³-hybridized carbons (Fsp3) is 0.421. The summed E-state index contributed by atoms with van der Waals surface area (Å²) < 4.78 is 41.7. The number of carbonyl (C=O) groups is 2. The number of benzene rings is 1.